The van der Waals surface area contributed by atoms with Gasteiger partial charge in [0.2, 0.25) is 0 Å². The van der Waals surface area contributed by atoms with Crippen LogP contribution in [0.5, 0.6) is 0 Å². The topological polar surface area (TPSA) is 12.0 Å². The summed E-state index contributed by atoms with van der Waals surface area (Å²) in [5.74, 6) is 0.553. The zero-order valence-corrected chi connectivity index (χ0v) is 13.1. The van der Waals surface area contributed by atoms with E-state index < -0.39 is 11.7 Å². The maximum absolute atomic E-state index is 12.8. The number of hydrogen-bond acceptors (Lipinski definition) is 1. The second-order valence-electron chi connectivity index (χ2n) is 5.62. The third-order valence-electron chi connectivity index (χ3n) is 4.08. The predicted molar refractivity (Wildman–Crippen MR) is 81.2 cm³/mol. The van der Waals surface area contributed by atoms with Gasteiger partial charge in [-0.1, -0.05) is 51.7 Å². The lowest BCUT2D eigenvalue weighted by Gasteiger charge is -2.23. The van der Waals surface area contributed by atoms with Crippen LogP contribution in [0.25, 0.3) is 0 Å². The summed E-state index contributed by atoms with van der Waals surface area (Å²) in [6.45, 7) is 4.31. The van der Waals surface area contributed by atoms with Crippen LogP contribution < -0.4 is 5.32 Å². The first-order valence-corrected chi connectivity index (χ1v) is 7.76. The van der Waals surface area contributed by atoms with Crippen LogP contribution >= 0.6 is 0 Å². The molecule has 0 radical (unpaired) electrons. The largest absolute Gasteiger partial charge is 0.416 e. The first-order chi connectivity index (χ1) is 9.92. The van der Waals surface area contributed by atoms with Gasteiger partial charge in [-0.05, 0) is 37.1 Å². The van der Waals surface area contributed by atoms with Crippen molar-refractivity contribution < 1.29 is 13.2 Å². The van der Waals surface area contributed by atoms with E-state index in [1.165, 1.54) is 18.6 Å². The molecular weight excluding hydrogens is 275 g/mol. The van der Waals surface area contributed by atoms with Gasteiger partial charge in [0.15, 0.2) is 0 Å². The number of hydrogen-bond donors (Lipinski definition) is 1. The van der Waals surface area contributed by atoms with E-state index >= 15 is 0 Å². The molecule has 0 aliphatic carbocycles. The molecule has 1 nitrogen and oxygen atoms in total. The molecule has 4 heteroatoms. The fourth-order valence-corrected chi connectivity index (χ4v) is 2.67. The van der Waals surface area contributed by atoms with E-state index in [0.717, 1.165) is 37.3 Å². The Bertz CT molecular complexity index is 415. The highest BCUT2D eigenvalue weighted by Gasteiger charge is 2.31. The summed E-state index contributed by atoms with van der Waals surface area (Å²) in [6, 6.07) is 5.66. The van der Waals surface area contributed by atoms with Crippen molar-refractivity contribution in [2.45, 2.75) is 58.2 Å². The lowest BCUT2D eigenvalue weighted by atomic mass is 9.89. The molecule has 0 spiro atoms. The van der Waals surface area contributed by atoms with Crippen molar-refractivity contribution in [1.82, 2.24) is 5.32 Å². The fraction of sp³-hybridized carbons (Fsp3) is 0.647. The van der Waals surface area contributed by atoms with Crippen molar-refractivity contribution >= 4 is 0 Å². The van der Waals surface area contributed by atoms with E-state index in [9.17, 15) is 13.2 Å². The van der Waals surface area contributed by atoms with E-state index in [-0.39, 0.29) is 6.04 Å². The summed E-state index contributed by atoms with van der Waals surface area (Å²) >= 11 is 0. The highest BCUT2D eigenvalue weighted by molar-refractivity contribution is 5.28. The monoisotopic (exact) mass is 301 g/mol. The predicted octanol–water partition coefficient (Wildman–Crippen LogP) is 5.57. The summed E-state index contributed by atoms with van der Waals surface area (Å²) in [5.41, 5.74) is 0.157. The van der Waals surface area contributed by atoms with Crippen LogP contribution in [-0.2, 0) is 6.18 Å². The zero-order chi connectivity index (χ0) is 15.9. The molecule has 0 saturated heterocycles. The summed E-state index contributed by atoms with van der Waals surface area (Å²) in [7, 11) is 1.82. The van der Waals surface area contributed by atoms with Crippen molar-refractivity contribution in [1.29, 1.82) is 0 Å². The smallest absolute Gasteiger partial charge is 0.313 e. The number of halogens is 3. The van der Waals surface area contributed by atoms with Crippen LogP contribution in [0, 0.1) is 5.92 Å². The Morgan fingerprint density at radius 3 is 2.43 bits per heavy atom. The Labute approximate surface area is 125 Å². The maximum atomic E-state index is 12.8. The second kappa shape index (κ2) is 8.42. The molecule has 1 N–H and O–H groups in total. The van der Waals surface area contributed by atoms with Crippen molar-refractivity contribution in [3.63, 3.8) is 0 Å². The molecular formula is C17H26F3N. The van der Waals surface area contributed by atoms with E-state index in [2.05, 4.69) is 19.2 Å². The summed E-state index contributed by atoms with van der Waals surface area (Å²) in [5, 5.41) is 3.17. The summed E-state index contributed by atoms with van der Waals surface area (Å²) < 4.78 is 38.4. The molecule has 0 bridgehead atoms. The normalized spacial score (nSPS) is 15.0. The highest BCUT2D eigenvalue weighted by atomic mass is 19.4. The van der Waals surface area contributed by atoms with Crippen LogP contribution in [-0.4, -0.2) is 7.05 Å². The molecule has 0 aliphatic rings. The molecule has 120 valence electrons. The standard InChI is InChI=1S/C17H26F3N/c1-4-6-8-13(5-2)11-16(21-3)14-9-7-10-15(12-14)17(18,19)20/h7,9-10,12-13,16,21H,4-6,8,11H2,1-3H3. The Kier molecular flexibility index (Phi) is 7.23. The van der Waals surface area contributed by atoms with Gasteiger partial charge in [-0.25, -0.2) is 0 Å². The molecule has 2 atom stereocenters. The van der Waals surface area contributed by atoms with Crippen LogP contribution in [0.2, 0.25) is 0 Å². The van der Waals surface area contributed by atoms with E-state index in [0.29, 0.717) is 5.92 Å². The second-order valence-corrected chi connectivity index (χ2v) is 5.62. The van der Waals surface area contributed by atoms with Crippen molar-refractivity contribution in [2.75, 3.05) is 7.05 Å². The van der Waals surface area contributed by atoms with Crippen LogP contribution in [0.4, 0.5) is 13.2 Å². The molecule has 0 fully saturated rings. The van der Waals surface area contributed by atoms with Crippen molar-refractivity contribution in [2.24, 2.45) is 5.92 Å². The van der Waals surface area contributed by atoms with Gasteiger partial charge in [0.25, 0.3) is 0 Å². The zero-order valence-electron chi connectivity index (χ0n) is 13.1. The number of benzene rings is 1. The quantitative estimate of drug-likeness (QED) is 0.661. The van der Waals surface area contributed by atoms with Crippen molar-refractivity contribution in [3.05, 3.63) is 35.4 Å². The van der Waals surface area contributed by atoms with E-state index in [4.69, 9.17) is 0 Å². The first kappa shape index (κ1) is 18.0. The lowest BCUT2D eigenvalue weighted by Crippen LogP contribution is -2.20. The highest BCUT2D eigenvalue weighted by Crippen LogP contribution is 2.32. The van der Waals surface area contributed by atoms with Gasteiger partial charge in [-0.3, -0.25) is 0 Å². The van der Waals surface area contributed by atoms with Gasteiger partial charge in [-0.15, -0.1) is 0 Å². The van der Waals surface area contributed by atoms with E-state index in [1.807, 2.05) is 7.05 Å². The van der Waals surface area contributed by atoms with Gasteiger partial charge in [0, 0.05) is 6.04 Å². The fourth-order valence-electron chi connectivity index (χ4n) is 2.67. The lowest BCUT2D eigenvalue weighted by molar-refractivity contribution is -0.137. The molecule has 0 aliphatic heterocycles. The van der Waals surface area contributed by atoms with Crippen molar-refractivity contribution in [3.8, 4) is 0 Å². The Balaban J connectivity index is 2.84. The minimum atomic E-state index is -4.28. The average Bonchev–Trinajstić information content (AvgIpc) is 2.47. The minimum absolute atomic E-state index is 0.0193. The SMILES string of the molecule is CCCCC(CC)CC(NC)c1cccc(C(F)(F)F)c1. The Morgan fingerprint density at radius 2 is 1.90 bits per heavy atom. The molecule has 2 unspecified atom stereocenters. The number of alkyl halides is 3. The Hall–Kier alpha value is -1.03. The molecule has 1 aromatic carbocycles. The molecule has 0 heterocycles. The number of nitrogens with one attached hydrogen (secondary N) is 1. The third-order valence-corrected chi connectivity index (χ3v) is 4.08. The molecule has 0 amide bonds. The Morgan fingerprint density at radius 1 is 1.19 bits per heavy atom. The van der Waals surface area contributed by atoms with Crippen LogP contribution in [0.15, 0.2) is 24.3 Å². The first-order valence-electron chi connectivity index (χ1n) is 7.76. The molecule has 0 saturated carbocycles. The van der Waals surface area contributed by atoms with Gasteiger partial charge in [0.1, 0.15) is 0 Å². The van der Waals surface area contributed by atoms with Crippen LogP contribution in [0.3, 0.4) is 0 Å². The van der Waals surface area contributed by atoms with Gasteiger partial charge >= 0.3 is 6.18 Å². The molecule has 0 aromatic heterocycles. The van der Waals surface area contributed by atoms with Crippen LogP contribution in [0.1, 0.15) is 63.1 Å². The summed E-state index contributed by atoms with van der Waals surface area (Å²) in [6.07, 6.45) is 1.15. The van der Waals surface area contributed by atoms with Gasteiger partial charge < -0.3 is 5.32 Å². The molecule has 1 aromatic rings. The van der Waals surface area contributed by atoms with Gasteiger partial charge in [0.05, 0.1) is 5.56 Å². The summed E-state index contributed by atoms with van der Waals surface area (Å²) in [4.78, 5) is 0. The third kappa shape index (κ3) is 5.70. The van der Waals surface area contributed by atoms with Gasteiger partial charge in [-0.2, -0.15) is 13.2 Å². The molecule has 21 heavy (non-hydrogen) atoms. The number of rotatable bonds is 8. The maximum Gasteiger partial charge on any atom is 0.416 e. The molecule has 1 rings (SSSR count). The minimum Gasteiger partial charge on any atom is -0.313 e. The number of unbranched alkanes of at least 4 members (excludes halogenated alkanes) is 1. The average molecular weight is 301 g/mol. The van der Waals surface area contributed by atoms with E-state index in [1.54, 1.807) is 6.07 Å².